The van der Waals surface area contributed by atoms with Gasteiger partial charge in [-0.3, -0.25) is 9.59 Å². The fourth-order valence-electron chi connectivity index (χ4n) is 3.33. The number of hydrogen-bond donors (Lipinski definition) is 0. The summed E-state index contributed by atoms with van der Waals surface area (Å²) < 4.78 is 16.1. The molecule has 164 valence electrons. The highest BCUT2D eigenvalue weighted by Gasteiger charge is 2.23. The Balaban J connectivity index is 2.02. The standard InChI is InChI=1S/C23H23ClO6S/c1-4-20-17(10-21(31-20)23(27)28-3)22-18(24)8-15(12-29-13(2)25)9-19(22)30-11-14-5-6-16(26)7-14/h5-6,8-10,14H,4,7,11-12H2,1-3H3. The van der Waals surface area contributed by atoms with Crippen LogP contribution >= 0.6 is 22.9 Å². The van der Waals surface area contributed by atoms with E-state index in [0.29, 0.717) is 46.2 Å². The van der Waals surface area contributed by atoms with Gasteiger partial charge in [-0.15, -0.1) is 11.3 Å². The normalized spacial score (nSPS) is 15.2. The van der Waals surface area contributed by atoms with Gasteiger partial charge in [0.2, 0.25) is 0 Å². The summed E-state index contributed by atoms with van der Waals surface area (Å²) in [6.45, 7) is 3.70. The highest BCUT2D eigenvalue weighted by Crippen LogP contribution is 2.43. The van der Waals surface area contributed by atoms with E-state index in [1.807, 2.05) is 13.0 Å². The van der Waals surface area contributed by atoms with E-state index in [2.05, 4.69) is 0 Å². The van der Waals surface area contributed by atoms with Crippen molar-refractivity contribution in [3.8, 4) is 16.9 Å². The number of thiophene rings is 1. The minimum Gasteiger partial charge on any atom is -0.492 e. The molecule has 1 heterocycles. The maximum atomic E-state index is 12.1. The van der Waals surface area contributed by atoms with Gasteiger partial charge in [-0.1, -0.05) is 24.6 Å². The number of allylic oxidation sites excluding steroid dienone is 1. The van der Waals surface area contributed by atoms with Gasteiger partial charge in [0.25, 0.3) is 0 Å². The first-order valence-corrected chi connectivity index (χ1v) is 11.0. The molecule has 0 saturated heterocycles. The monoisotopic (exact) mass is 462 g/mol. The minimum absolute atomic E-state index is 0.0185. The Morgan fingerprint density at radius 3 is 2.65 bits per heavy atom. The molecule has 1 unspecified atom stereocenters. The van der Waals surface area contributed by atoms with Crippen LogP contribution in [0.3, 0.4) is 0 Å². The Kier molecular flexibility index (Phi) is 7.51. The fourth-order valence-corrected chi connectivity index (χ4v) is 4.69. The molecule has 31 heavy (non-hydrogen) atoms. The lowest BCUT2D eigenvalue weighted by atomic mass is 10.0. The summed E-state index contributed by atoms with van der Waals surface area (Å²) in [5, 5.41) is 0.418. The molecule has 0 fully saturated rings. The van der Waals surface area contributed by atoms with Gasteiger partial charge in [0.05, 0.1) is 18.7 Å². The molecular weight excluding hydrogens is 440 g/mol. The maximum Gasteiger partial charge on any atom is 0.348 e. The van der Waals surface area contributed by atoms with Crippen LogP contribution in [0.2, 0.25) is 5.02 Å². The van der Waals surface area contributed by atoms with E-state index in [0.717, 1.165) is 10.4 Å². The van der Waals surface area contributed by atoms with E-state index in [4.69, 9.17) is 25.8 Å². The molecule has 6 nitrogen and oxygen atoms in total. The van der Waals surface area contributed by atoms with Crippen LogP contribution in [-0.2, 0) is 32.1 Å². The third kappa shape index (κ3) is 5.54. The van der Waals surface area contributed by atoms with Gasteiger partial charge >= 0.3 is 11.9 Å². The third-order valence-corrected chi connectivity index (χ3v) is 6.37. The van der Waals surface area contributed by atoms with Crippen LogP contribution in [0.1, 0.15) is 40.4 Å². The molecule has 2 aromatic rings. The first-order valence-electron chi connectivity index (χ1n) is 9.83. The van der Waals surface area contributed by atoms with E-state index in [1.54, 1.807) is 24.3 Å². The van der Waals surface area contributed by atoms with Crippen LogP contribution in [0, 0.1) is 5.92 Å². The van der Waals surface area contributed by atoms with Crippen LogP contribution in [0.4, 0.5) is 0 Å². The van der Waals surface area contributed by atoms with Gasteiger partial charge < -0.3 is 14.2 Å². The van der Waals surface area contributed by atoms with Gasteiger partial charge in [-0.05, 0) is 36.3 Å². The molecule has 0 saturated carbocycles. The number of esters is 2. The molecule has 1 atom stereocenters. The molecule has 0 aliphatic heterocycles. The topological polar surface area (TPSA) is 78.9 Å². The second-order valence-corrected chi connectivity index (χ2v) is 8.67. The first kappa shape index (κ1) is 23.0. The van der Waals surface area contributed by atoms with E-state index < -0.39 is 11.9 Å². The second-order valence-electron chi connectivity index (χ2n) is 7.12. The summed E-state index contributed by atoms with van der Waals surface area (Å²) in [6, 6.07) is 5.26. The molecule has 1 aromatic carbocycles. The van der Waals surface area contributed by atoms with E-state index in [9.17, 15) is 14.4 Å². The predicted octanol–water partition coefficient (Wildman–Crippen LogP) is 5.00. The van der Waals surface area contributed by atoms with Gasteiger partial charge in [0, 0.05) is 35.3 Å². The molecule has 0 spiro atoms. The van der Waals surface area contributed by atoms with Gasteiger partial charge in [0.15, 0.2) is 5.78 Å². The first-order chi connectivity index (χ1) is 14.8. The molecular formula is C23H23ClO6S. The predicted molar refractivity (Wildman–Crippen MR) is 119 cm³/mol. The van der Waals surface area contributed by atoms with Crippen molar-refractivity contribution in [1.82, 2.24) is 0 Å². The van der Waals surface area contributed by atoms with Crippen molar-refractivity contribution in [1.29, 1.82) is 0 Å². The Bertz CT molecular complexity index is 1040. The van der Waals surface area contributed by atoms with E-state index in [1.165, 1.54) is 25.4 Å². The maximum absolute atomic E-state index is 12.1. The van der Waals surface area contributed by atoms with Crippen molar-refractivity contribution >= 4 is 40.7 Å². The molecule has 0 bridgehead atoms. The van der Waals surface area contributed by atoms with Crippen molar-refractivity contribution < 1.29 is 28.6 Å². The molecule has 0 N–H and O–H groups in total. The Hall–Kier alpha value is -2.64. The molecule has 1 aliphatic rings. The summed E-state index contributed by atoms with van der Waals surface area (Å²) in [7, 11) is 1.34. The summed E-state index contributed by atoms with van der Waals surface area (Å²) in [6.07, 6.45) is 4.50. The number of benzene rings is 1. The molecule has 1 aliphatic carbocycles. The number of methoxy groups -OCH3 is 1. The molecule has 8 heteroatoms. The lowest BCUT2D eigenvalue weighted by molar-refractivity contribution is -0.142. The quantitative estimate of drug-likeness (QED) is 0.513. The zero-order valence-electron chi connectivity index (χ0n) is 17.5. The number of halogens is 1. The van der Waals surface area contributed by atoms with Crippen molar-refractivity contribution in [2.75, 3.05) is 13.7 Å². The van der Waals surface area contributed by atoms with Crippen LogP contribution < -0.4 is 4.74 Å². The lowest BCUT2D eigenvalue weighted by Gasteiger charge is -2.17. The second kappa shape index (κ2) is 10.1. The van der Waals surface area contributed by atoms with Crippen LogP contribution in [0.5, 0.6) is 5.75 Å². The van der Waals surface area contributed by atoms with E-state index in [-0.39, 0.29) is 18.3 Å². The number of carbonyl (C=O) groups excluding carboxylic acids is 3. The number of carbonyl (C=O) groups is 3. The van der Waals surface area contributed by atoms with Gasteiger partial charge in [-0.2, -0.15) is 0 Å². The van der Waals surface area contributed by atoms with Crippen LogP contribution in [0.25, 0.3) is 11.1 Å². The SMILES string of the molecule is CCc1sc(C(=O)OC)cc1-c1c(Cl)cc(COC(C)=O)cc1OCC1C=CC(=O)C1. The van der Waals surface area contributed by atoms with Gasteiger partial charge in [0.1, 0.15) is 17.2 Å². The number of aryl methyl sites for hydroxylation is 1. The van der Waals surface area contributed by atoms with Crippen molar-refractivity contribution in [2.45, 2.75) is 33.3 Å². The average Bonchev–Trinajstić information content (AvgIpc) is 3.35. The summed E-state index contributed by atoms with van der Waals surface area (Å²) in [4.78, 5) is 36.3. The molecule has 1 aromatic heterocycles. The summed E-state index contributed by atoms with van der Waals surface area (Å²) in [5.74, 6) is -0.248. The highest BCUT2D eigenvalue weighted by molar-refractivity contribution is 7.14. The smallest absolute Gasteiger partial charge is 0.348 e. The van der Waals surface area contributed by atoms with Crippen LogP contribution in [-0.4, -0.2) is 31.4 Å². The highest BCUT2D eigenvalue weighted by atomic mass is 35.5. The van der Waals surface area contributed by atoms with Crippen molar-refractivity contribution in [3.63, 3.8) is 0 Å². The molecule has 0 amide bonds. The molecule has 3 rings (SSSR count). The van der Waals surface area contributed by atoms with Crippen LogP contribution in [0.15, 0.2) is 30.4 Å². The van der Waals surface area contributed by atoms with Crippen molar-refractivity contribution in [3.05, 3.63) is 50.7 Å². The van der Waals surface area contributed by atoms with Crippen molar-refractivity contribution in [2.24, 2.45) is 5.92 Å². The van der Waals surface area contributed by atoms with E-state index >= 15 is 0 Å². The minimum atomic E-state index is -0.411. The Labute approximate surface area is 189 Å². The number of ketones is 1. The average molecular weight is 463 g/mol. The number of rotatable bonds is 8. The largest absolute Gasteiger partial charge is 0.492 e. The number of hydrogen-bond acceptors (Lipinski definition) is 7. The summed E-state index contributed by atoms with van der Waals surface area (Å²) in [5.41, 5.74) is 2.13. The summed E-state index contributed by atoms with van der Waals surface area (Å²) >= 11 is 8.01. The van der Waals surface area contributed by atoms with Gasteiger partial charge in [-0.25, -0.2) is 4.79 Å². The Morgan fingerprint density at radius 2 is 2.03 bits per heavy atom. The lowest BCUT2D eigenvalue weighted by Crippen LogP contribution is -2.10. The number of ether oxygens (including phenoxy) is 3. The fraction of sp³-hybridized carbons (Fsp3) is 0.348. The molecule has 0 radical (unpaired) electrons. The third-order valence-electron chi connectivity index (χ3n) is 4.81. The zero-order chi connectivity index (χ0) is 22.5. The Morgan fingerprint density at radius 1 is 1.26 bits per heavy atom. The zero-order valence-corrected chi connectivity index (χ0v) is 19.1.